The van der Waals surface area contributed by atoms with Crippen LogP contribution in [0.5, 0.6) is 0 Å². The number of nitrogens with one attached hydrogen (secondary N) is 1. The molecule has 1 saturated heterocycles. The van der Waals surface area contributed by atoms with E-state index in [1.807, 2.05) is 20.8 Å². The average molecular weight is 447 g/mol. The van der Waals surface area contributed by atoms with Crippen LogP contribution in [0, 0.1) is 5.92 Å². The quantitative estimate of drug-likeness (QED) is 0.350. The van der Waals surface area contributed by atoms with Gasteiger partial charge < -0.3 is 29.2 Å². The van der Waals surface area contributed by atoms with Crippen LogP contribution in [0.25, 0.3) is 0 Å². The number of hydrogen-bond donors (Lipinski definition) is 1. The molecule has 0 bridgehead atoms. The SMILES string of the molecule is CC(C)(C)OC(=O)OC(=O)OC(C)(C)C.CC(C)C1CN(C(=O)OC(C)(C)C)CCN1. The summed E-state index contributed by atoms with van der Waals surface area (Å²) in [4.78, 5) is 35.7. The molecule has 0 radical (unpaired) electrons. The molecule has 9 heteroatoms. The van der Waals surface area contributed by atoms with E-state index in [4.69, 9.17) is 14.2 Å². The smallest absolute Gasteiger partial charge is 0.444 e. The summed E-state index contributed by atoms with van der Waals surface area (Å²) in [7, 11) is 0. The minimum Gasteiger partial charge on any atom is -0.444 e. The van der Waals surface area contributed by atoms with Crippen molar-refractivity contribution in [3.63, 3.8) is 0 Å². The van der Waals surface area contributed by atoms with E-state index in [1.165, 1.54) is 0 Å². The Balaban J connectivity index is 0.000000582. The third-order valence-electron chi connectivity index (χ3n) is 3.61. The van der Waals surface area contributed by atoms with E-state index in [0.717, 1.165) is 19.6 Å². The van der Waals surface area contributed by atoms with Crippen LogP contribution in [-0.2, 0) is 18.9 Å². The van der Waals surface area contributed by atoms with Gasteiger partial charge in [0, 0.05) is 25.7 Å². The van der Waals surface area contributed by atoms with Gasteiger partial charge in [-0.25, -0.2) is 14.4 Å². The second-order valence-electron chi connectivity index (χ2n) is 10.8. The summed E-state index contributed by atoms with van der Waals surface area (Å²) in [6.45, 7) is 22.4. The highest BCUT2D eigenvalue weighted by Gasteiger charge is 2.28. The van der Waals surface area contributed by atoms with Gasteiger partial charge in [-0.05, 0) is 68.2 Å². The summed E-state index contributed by atoms with van der Waals surface area (Å²) >= 11 is 0. The van der Waals surface area contributed by atoms with Gasteiger partial charge in [0.2, 0.25) is 0 Å². The van der Waals surface area contributed by atoms with E-state index < -0.39 is 29.1 Å². The number of carbonyl (C=O) groups excluding carboxylic acids is 3. The minimum atomic E-state index is -1.06. The lowest BCUT2D eigenvalue weighted by molar-refractivity contribution is -0.0294. The highest BCUT2D eigenvalue weighted by Crippen LogP contribution is 2.14. The Kier molecular flexibility index (Phi) is 10.8. The summed E-state index contributed by atoms with van der Waals surface area (Å²) in [5, 5.41) is 3.42. The monoisotopic (exact) mass is 446 g/mol. The third-order valence-corrected chi connectivity index (χ3v) is 3.61. The molecule has 1 aliphatic rings. The lowest BCUT2D eigenvalue weighted by Crippen LogP contribution is -2.55. The Labute approximate surface area is 187 Å². The van der Waals surface area contributed by atoms with E-state index in [9.17, 15) is 14.4 Å². The number of hydrogen-bond acceptors (Lipinski definition) is 8. The first-order chi connectivity index (χ1) is 13.8. The van der Waals surface area contributed by atoms with Crippen molar-refractivity contribution in [2.24, 2.45) is 5.92 Å². The summed E-state index contributed by atoms with van der Waals surface area (Å²) < 4.78 is 19.2. The molecule has 0 saturated carbocycles. The van der Waals surface area contributed by atoms with E-state index in [0.29, 0.717) is 12.0 Å². The number of rotatable bonds is 1. The molecular weight excluding hydrogens is 404 g/mol. The summed E-state index contributed by atoms with van der Waals surface area (Å²) in [5.74, 6) is 0.533. The van der Waals surface area contributed by atoms with Gasteiger partial charge in [-0.2, -0.15) is 0 Å². The largest absolute Gasteiger partial charge is 0.519 e. The molecule has 182 valence electrons. The van der Waals surface area contributed by atoms with Crippen molar-refractivity contribution < 1.29 is 33.3 Å². The Bertz CT molecular complexity index is 572. The minimum absolute atomic E-state index is 0.195. The first-order valence-corrected chi connectivity index (χ1v) is 10.6. The third kappa shape index (κ3) is 15.4. The number of nitrogens with zero attached hydrogens (tertiary/aromatic N) is 1. The fourth-order valence-electron chi connectivity index (χ4n) is 2.33. The van der Waals surface area contributed by atoms with Crippen LogP contribution in [0.15, 0.2) is 0 Å². The second-order valence-corrected chi connectivity index (χ2v) is 10.8. The Morgan fingerprint density at radius 1 is 0.806 bits per heavy atom. The van der Waals surface area contributed by atoms with Gasteiger partial charge in [-0.1, -0.05) is 13.8 Å². The standard InChI is InChI=1S/C12H24N2O2.C10H18O5/c1-9(2)10-8-14(7-6-13-10)11(15)16-12(3,4)5;1-9(2,3)14-7(11)13-8(12)15-10(4,5)6/h9-10,13H,6-8H2,1-5H3;1-6H3. The molecule has 1 atom stereocenters. The Morgan fingerprint density at radius 2 is 1.23 bits per heavy atom. The number of ether oxygens (including phenoxy) is 4. The maximum absolute atomic E-state index is 11.9. The molecule has 1 unspecified atom stereocenters. The van der Waals surface area contributed by atoms with Crippen molar-refractivity contribution in [1.82, 2.24) is 10.2 Å². The van der Waals surface area contributed by atoms with Crippen LogP contribution < -0.4 is 5.32 Å². The molecule has 0 spiro atoms. The van der Waals surface area contributed by atoms with Gasteiger partial charge in [0.05, 0.1) is 0 Å². The molecule has 1 aliphatic heterocycles. The first kappa shape index (κ1) is 29.0. The zero-order valence-electron chi connectivity index (χ0n) is 21.1. The lowest BCUT2D eigenvalue weighted by Gasteiger charge is -2.36. The fraction of sp³-hybridized carbons (Fsp3) is 0.864. The molecule has 1 rings (SSSR count). The van der Waals surface area contributed by atoms with Gasteiger partial charge in [0.15, 0.2) is 0 Å². The molecule has 0 aromatic heterocycles. The van der Waals surface area contributed by atoms with Gasteiger partial charge >= 0.3 is 18.4 Å². The summed E-state index contributed by atoms with van der Waals surface area (Å²) in [6.07, 6.45) is -2.31. The second kappa shape index (κ2) is 11.5. The van der Waals surface area contributed by atoms with Crippen molar-refractivity contribution in [2.45, 2.75) is 99.0 Å². The summed E-state index contributed by atoms with van der Waals surface area (Å²) in [6, 6.07) is 0.376. The zero-order valence-corrected chi connectivity index (χ0v) is 21.1. The maximum atomic E-state index is 11.9. The van der Waals surface area contributed by atoms with Gasteiger partial charge in [0.25, 0.3) is 0 Å². The molecule has 31 heavy (non-hydrogen) atoms. The Morgan fingerprint density at radius 3 is 1.58 bits per heavy atom. The lowest BCUT2D eigenvalue weighted by atomic mass is 10.0. The van der Waals surface area contributed by atoms with E-state index in [2.05, 4.69) is 23.9 Å². The van der Waals surface area contributed by atoms with Gasteiger partial charge in [-0.3, -0.25) is 0 Å². The molecule has 1 amide bonds. The van der Waals surface area contributed by atoms with Crippen molar-refractivity contribution in [2.75, 3.05) is 19.6 Å². The maximum Gasteiger partial charge on any atom is 0.519 e. The molecule has 0 aromatic rings. The molecule has 9 nitrogen and oxygen atoms in total. The van der Waals surface area contributed by atoms with Crippen LogP contribution in [0.2, 0.25) is 0 Å². The Hall–Kier alpha value is -2.03. The predicted molar refractivity (Wildman–Crippen MR) is 118 cm³/mol. The van der Waals surface area contributed by atoms with E-state index in [1.54, 1.807) is 46.4 Å². The molecule has 1 heterocycles. The van der Waals surface area contributed by atoms with Gasteiger partial charge in [0.1, 0.15) is 16.8 Å². The van der Waals surface area contributed by atoms with Crippen molar-refractivity contribution in [3.8, 4) is 0 Å². The van der Waals surface area contributed by atoms with Crippen molar-refractivity contribution >= 4 is 18.4 Å². The van der Waals surface area contributed by atoms with E-state index >= 15 is 0 Å². The topological polar surface area (TPSA) is 103 Å². The first-order valence-electron chi connectivity index (χ1n) is 10.6. The molecule has 1 fully saturated rings. The van der Waals surface area contributed by atoms with Gasteiger partial charge in [-0.15, -0.1) is 0 Å². The molecular formula is C22H42N2O7. The van der Waals surface area contributed by atoms with Crippen molar-refractivity contribution in [3.05, 3.63) is 0 Å². The number of carbonyl (C=O) groups is 3. The van der Waals surface area contributed by atoms with Crippen LogP contribution >= 0.6 is 0 Å². The molecule has 0 aromatic carbocycles. The molecule has 1 N–H and O–H groups in total. The fourth-order valence-corrected chi connectivity index (χ4v) is 2.33. The predicted octanol–water partition coefficient (Wildman–Crippen LogP) is 4.72. The van der Waals surface area contributed by atoms with Crippen LogP contribution in [0.1, 0.15) is 76.2 Å². The summed E-state index contributed by atoms with van der Waals surface area (Å²) in [5.41, 5.74) is -1.80. The van der Waals surface area contributed by atoms with Crippen LogP contribution in [0.3, 0.4) is 0 Å². The highest BCUT2D eigenvalue weighted by molar-refractivity contribution is 5.77. The average Bonchev–Trinajstić information content (AvgIpc) is 2.50. The molecule has 0 aliphatic carbocycles. The number of amides is 1. The van der Waals surface area contributed by atoms with E-state index in [-0.39, 0.29) is 6.09 Å². The highest BCUT2D eigenvalue weighted by atomic mass is 16.8. The zero-order chi connectivity index (χ0) is 24.6. The van der Waals surface area contributed by atoms with Crippen LogP contribution in [0.4, 0.5) is 14.4 Å². The van der Waals surface area contributed by atoms with Crippen molar-refractivity contribution in [1.29, 1.82) is 0 Å². The number of piperazine rings is 1. The van der Waals surface area contributed by atoms with Crippen LogP contribution in [-0.4, -0.2) is 65.8 Å². The normalized spacial score (nSPS) is 17.3.